The maximum atomic E-state index is 12.7. The predicted molar refractivity (Wildman–Crippen MR) is 311 cm³/mol. The molecule has 0 amide bonds. The van der Waals surface area contributed by atoms with Crippen LogP contribution >= 0.6 is 7.82 Å². The van der Waals surface area contributed by atoms with Gasteiger partial charge in [-0.1, -0.05) is 231 Å². The number of rotatable bonds is 52. The molecule has 2 atom stereocenters. The zero-order valence-electron chi connectivity index (χ0n) is 46.1. The Bertz CT molecular complexity index is 1650. The van der Waals surface area contributed by atoms with Crippen LogP contribution in [-0.4, -0.2) is 49.3 Å². The third kappa shape index (κ3) is 57.3. The maximum Gasteiger partial charge on any atom is 0.472 e. The van der Waals surface area contributed by atoms with E-state index in [0.717, 1.165) is 122 Å². The highest BCUT2D eigenvalue weighted by atomic mass is 31.2. The zero-order valence-corrected chi connectivity index (χ0v) is 47.0. The normalized spacial score (nSPS) is 14.1. The summed E-state index contributed by atoms with van der Waals surface area (Å²) >= 11 is 0. The van der Waals surface area contributed by atoms with E-state index in [2.05, 4.69) is 148 Å². The first-order chi connectivity index (χ1) is 35.8. The highest BCUT2D eigenvalue weighted by Crippen LogP contribution is 2.43. The molecule has 0 aromatic carbocycles. The van der Waals surface area contributed by atoms with Crippen LogP contribution in [0.4, 0.5) is 0 Å². The predicted octanol–water partition coefficient (Wildman–Crippen LogP) is 18.2. The smallest absolute Gasteiger partial charge is 0.462 e. The largest absolute Gasteiger partial charge is 0.472 e. The second-order valence-corrected chi connectivity index (χ2v) is 19.8. The molecular weight excluding hydrogens is 930 g/mol. The van der Waals surface area contributed by atoms with Crippen LogP contribution < -0.4 is 5.73 Å². The fourth-order valence-electron chi connectivity index (χ4n) is 7.37. The summed E-state index contributed by atoms with van der Waals surface area (Å²) in [6.07, 6.45) is 80.7. The summed E-state index contributed by atoms with van der Waals surface area (Å²) in [5, 5.41) is 0. The van der Waals surface area contributed by atoms with Gasteiger partial charge in [-0.15, -0.1) is 0 Å². The van der Waals surface area contributed by atoms with E-state index in [1.807, 2.05) is 0 Å². The number of esters is 2. The van der Waals surface area contributed by atoms with Crippen molar-refractivity contribution >= 4 is 19.8 Å². The average molecular weight is 1030 g/mol. The monoisotopic (exact) mass is 1030 g/mol. The van der Waals surface area contributed by atoms with Gasteiger partial charge >= 0.3 is 19.8 Å². The Hall–Kier alpha value is -3.85. The van der Waals surface area contributed by atoms with Crippen LogP contribution in [0.5, 0.6) is 0 Å². The van der Waals surface area contributed by atoms with Crippen molar-refractivity contribution in [2.24, 2.45) is 5.73 Å². The minimum atomic E-state index is -4.41. The molecule has 0 saturated heterocycles. The lowest BCUT2D eigenvalue weighted by Crippen LogP contribution is -2.29. The third-order valence-corrected chi connectivity index (χ3v) is 12.5. The van der Waals surface area contributed by atoms with Crippen LogP contribution in [0.1, 0.15) is 219 Å². The maximum absolute atomic E-state index is 12.7. The van der Waals surface area contributed by atoms with Crippen LogP contribution in [0.15, 0.2) is 134 Å². The number of unbranched alkanes of at least 4 members (excludes halogenated alkanes) is 17. The van der Waals surface area contributed by atoms with E-state index in [9.17, 15) is 19.0 Å². The van der Waals surface area contributed by atoms with E-state index >= 15 is 0 Å². The number of hydrogen-bond acceptors (Lipinski definition) is 8. The zero-order chi connectivity index (χ0) is 53.1. The third-order valence-electron chi connectivity index (χ3n) is 11.5. The van der Waals surface area contributed by atoms with Crippen LogP contribution in [0.25, 0.3) is 0 Å². The lowest BCUT2D eigenvalue weighted by molar-refractivity contribution is -0.161. The second-order valence-electron chi connectivity index (χ2n) is 18.4. The number of carbonyl (C=O) groups is 2. The molecule has 0 radical (unpaired) electrons. The van der Waals surface area contributed by atoms with Crippen molar-refractivity contribution in [1.82, 2.24) is 0 Å². The molecule has 0 spiro atoms. The first kappa shape index (κ1) is 69.2. The van der Waals surface area contributed by atoms with E-state index in [1.54, 1.807) is 0 Å². The van der Waals surface area contributed by atoms with Crippen LogP contribution in [0, 0.1) is 0 Å². The minimum Gasteiger partial charge on any atom is -0.462 e. The van der Waals surface area contributed by atoms with Gasteiger partial charge in [-0.2, -0.15) is 0 Å². The molecule has 10 heteroatoms. The molecule has 0 aliphatic rings. The summed E-state index contributed by atoms with van der Waals surface area (Å²) in [6, 6.07) is 0. The van der Waals surface area contributed by atoms with Gasteiger partial charge in [0.25, 0.3) is 0 Å². The molecule has 0 heterocycles. The summed E-state index contributed by atoms with van der Waals surface area (Å²) in [5.41, 5.74) is 5.38. The Kier molecular flexibility index (Phi) is 54.4. The fourth-order valence-corrected chi connectivity index (χ4v) is 8.14. The standard InChI is InChI=1S/C63H104NO8P/c1-3-5-7-9-11-13-15-17-19-21-23-25-27-28-29-30-31-32-34-35-37-39-41-43-45-47-49-51-53-55-62(65)69-59-61(60-71-73(67,68)70-58-57-64)72-63(66)56-54-52-50-48-46-44-42-40-38-36-33-26-24-22-20-18-16-14-12-10-8-6-4-2/h5-8,11-14,17-20,23-26,28-29,36,38,42,44,61H,3-4,9-10,15-16,21-22,27,30-35,37,39-41,43,45-60,64H2,1-2H3,(H,67,68)/b7-5-,8-6-,13-11-,14-12-,19-17-,20-18-,25-23-,26-24-,29-28-,38-36-,44-42-. The van der Waals surface area contributed by atoms with Gasteiger partial charge in [0.15, 0.2) is 6.10 Å². The van der Waals surface area contributed by atoms with Gasteiger partial charge in [-0.05, 0) is 109 Å². The van der Waals surface area contributed by atoms with Crippen LogP contribution in [-0.2, 0) is 32.7 Å². The number of hydrogen-bond donors (Lipinski definition) is 2. The molecule has 0 bridgehead atoms. The van der Waals surface area contributed by atoms with Crippen molar-refractivity contribution < 1.29 is 37.6 Å². The number of ether oxygens (including phenoxy) is 2. The molecule has 2 unspecified atom stereocenters. The molecular formula is C63H104NO8P. The number of phosphoric acid groups is 1. The number of allylic oxidation sites excluding steroid dienone is 22. The Morgan fingerprint density at radius 3 is 1.05 bits per heavy atom. The van der Waals surface area contributed by atoms with Gasteiger partial charge in [0.05, 0.1) is 13.2 Å². The van der Waals surface area contributed by atoms with E-state index in [4.69, 9.17) is 24.3 Å². The van der Waals surface area contributed by atoms with Crippen molar-refractivity contribution in [3.05, 3.63) is 134 Å². The first-order valence-electron chi connectivity index (χ1n) is 28.7. The Labute approximate surface area is 446 Å². The molecule has 0 aromatic heterocycles. The van der Waals surface area contributed by atoms with Crippen LogP contribution in [0.2, 0.25) is 0 Å². The number of phosphoric ester groups is 1. The number of nitrogens with two attached hydrogens (primary N) is 1. The SMILES string of the molecule is CC/C=C\C/C=C\C/C=C\C/C=C\C/C=C\C/C=C\CCCCCCC(=O)OC(COC(=O)CCCCCCCCCCCCCCC/C=C\C/C=C\C/C=C\C/C=C\C/C=C\CC)COP(=O)(O)OCCN. The molecule has 9 nitrogen and oxygen atoms in total. The van der Waals surface area contributed by atoms with Gasteiger partial charge in [0.1, 0.15) is 6.61 Å². The lowest BCUT2D eigenvalue weighted by atomic mass is 10.0. The quantitative estimate of drug-likeness (QED) is 0.0264. The molecule has 0 fully saturated rings. The van der Waals surface area contributed by atoms with Gasteiger partial charge in [0.2, 0.25) is 0 Å². The summed E-state index contributed by atoms with van der Waals surface area (Å²) in [5.74, 6) is -0.866. The van der Waals surface area contributed by atoms with Crippen molar-refractivity contribution in [2.75, 3.05) is 26.4 Å². The van der Waals surface area contributed by atoms with Gasteiger partial charge < -0.3 is 20.1 Å². The lowest BCUT2D eigenvalue weighted by Gasteiger charge is -2.19. The van der Waals surface area contributed by atoms with Crippen molar-refractivity contribution in [3.8, 4) is 0 Å². The fraction of sp³-hybridized carbons (Fsp3) is 0.619. The van der Waals surface area contributed by atoms with Gasteiger partial charge in [0, 0.05) is 19.4 Å². The molecule has 0 saturated carbocycles. The Balaban J connectivity index is 4.05. The van der Waals surface area contributed by atoms with E-state index < -0.39 is 32.5 Å². The molecule has 0 aliphatic heterocycles. The summed E-state index contributed by atoms with van der Waals surface area (Å²) in [6.45, 7) is 3.47. The van der Waals surface area contributed by atoms with Crippen molar-refractivity contribution in [1.29, 1.82) is 0 Å². The van der Waals surface area contributed by atoms with Gasteiger partial charge in [-0.25, -0.2) is 4.57 Å². The first-order valence-corrected chi connectivity index (χ1v) is 30.2. The van der Waals surface area contributed by atoms with Crippen LogP contribution in [0.3, 0.4) is 0 Å². The molecule has 0 aromatic rings. The second kappa shape index (κ2) is 57.4. The topological polar surface area (TPSA) is 134 Å². The minimum absolute atomic E-state index is 0.0417. The molecule has 414 valence electrons. The van der Waals surface area contributed by atoms with Crippen molar-refractivity contribution in [3.63, 3.8) is 0 Å². The molecule has 73 heavy (non-hydrogen) atoms. The molecule has 0 rings (SSSR count). The van der Waals surface area contributed by atoms with E-state index in [0.29, 0.717) is 6.42 Å². The summed E-state index contributed by atoms with van der Waals surface area (Å²) < 4.78 is 33.0. The summed E-state index contributed by atoms with van der Waals surface area (Å²) in [7, 11) is -4.41. The molecule has 3 N–H and O–H groups in total. The highest BCUT2D eigenvalue weighted by molar-refractivity contribution is 7.47. The highest BCUT2D eigenvalue weighted by Gasteiger charge is 2.26. The molecule has 0 aliphatic carbocycles. The van der Waals surface area contributed by atoms with Crippen molar-refractivity contribution in [2.45, 2.75) is 225 Å². The Morgan fingerprint density at radius 2 is 0.712 bits per heavy atom. The van der Waals surface area contributed by atoms with E-state index in [-0.39, 0.29) is 32.6 Å². The van der Waals surface area contributed by atoms with Gasteiger partial charge in [-0.3, -0.25) is 18.6 Å². The van der Waals surface area contributed by atoms with E-state index in [1.165, 1.54) is 64.2 Å². The average Bonchev–Trinajstić information content (AvgIpc) is 3.38. The Morgan fingerprint density at radius 1 is 0.411 bits per heavy atom. The summed E-state index contributed by atoms with van der Waals surface area (Å²) in [4.78, 5) is 35.2. The number of carbonyl (C=O) groups excluding carboxylic acids is 2.